The fourth-order valence-corrected chi connectivity index (χ4v) is 2.67. The Kier molecular flexibility index (Phi) is 5.23. The number of nitrogens with one attached hydrogen (secondary N) is 1. The van der Waals surface area contributed by atoms with Crippen molar-refractivity contribution in [3.05, 3.63) is 58.0 Å². The number of aryl methyl sites for hydroxylation is 1. The summed E-state index contributed by atoms with van der Waals surface area (Å²) in [7, 11) is 0. The van der Waals surface area contributed by atoms with Crippen LogP contribution < -0.4 is 5.32 Å². The first-order valence-corrected chi connectivity index (χ1v) is 7.60. The lowest BCUT2D eigenvalue weighted by Gasteiger charge is -2.19. The molecule has 1 atom stereocenters. The lowest BCUT2D eigenvalue weighted by atomic mass is 9.98. The molecule has 0 radical (unpaired) electrons. The first kappa shape index (κ1) is 14.4. The second kappa shape index (κ2) is 6.92. The SMILES string of the molecule is CCCNC(c1cccc(CC)c1)c1ccoc1Br. The second-order valence-electron chi connectivity index (χ2n) is 4.64. The molecule has 1 unspecified atom stereocenters. The molecule has 102 valence electrons. The first-order valence-electron chi connectivity index (χ1n) is 6.81. The predicted octanol–water partition coefficient (Wildman–Crippen LogP) is 4.69. The summed E-state index contributed by atoms with van der Waals surface area (Å²) >= 11 is 3.49. The number of rotatable bonds is 6. The summed E-state index contributed by atoms with van der Waals surface area (Å²) in [6, 6.07) is 10.9. The van der Waals surface area contributed by atoms with Crippen LogP contribution in [0.1, 0.15) is 43.0 Å². The molecule has 0 aliphatic rings. The van der Waals surface area contributed by atoms with Crippen LogP contribution in [0.25, 0.3) is 0 Å². The van der Waals surface area contributed by atoms with E-state index in [1.54, 1.807) is 6.26 Å². The molecular weight excluding hydrogens is 302 g/mol. The van der Waals surface area contributed by atoms with Crippen molar-refractivity contribution in [1.82, 2.24) is 5.32 Å². The summed E-state index contributed by atoms with van der Waals surface area (Å²) in [6.45, 7) is 5.34. The van der Waals surface area contributed by atoms with Gasteiger partial charge in [-0.05, 0) is 52.5 Å². The number of furan rings is 1. The molecule has 19 heavy (non-hydrogen) atoms. The van der Waals surface area contributed by atoms with E-state index >= 15 is 0 Å². The second-order valence-corrected chi connectivity index (χ2v) is 5.36. The first-order chi connectivity index (χ1) is 9.26. The molecule has 0 aliphatic heterocycles. The molecule has 0 bridgehead atoms. The Bertz CT molecular complexity index is 521. The van der Waals surface area contributed by atoms with Crippen LogP contribution in [0.3, 0.4) is 0 Å². The minimum absolute atomic E-state index is 0.180. The van der Waals surface area contributed by atoms with E-state index in [0.717, 1.165) is 29.6 Å². The molecule has 2 nitrogen and oxygen atoms in total. The summed E-state index contributed by atoms with van der Waals surface area (Å²) in [4.78, 5) is 0. The molecule has 1 N–H and O–H groups in total. The van der Waals surface area contributed by atoms with Crippen LogP contribution in [0.15, 0.2) is 45.7 Å². The molecular formula is C16H20BrNO. The van der Waals surface area contributed by atoms with Crippen LogP contribution in [-0.2, 0) is 6.42 Å². The van der Waals surface area contributed by atoms with Gasteiger partial charge in [0.15, 0.2) is 4.67 Å². The van der Waals surface area contributed by atoms with Gasteiger partial charge in [-0.15, -0.1) is 0 Å². The minimum atomic E-state index is 0.180. The highest BCUT2D eigenvalue weighted by Crippen LogP contribution is 2.30. The van der Waals surface area contributed by atoms with Gasteiger partial charge in [-0.2, -0.15) is 0 Å². The molecule has 0 aliphatic carbocycles. The van der Waals surface area contributed by atoms with Crippen LogP contribution in [0.5, 0.6) is 0 Å². The van der Waals surface area contributed by atoms with Crippen molar-refractivity contribution in [2.45, 2.75) is 32.7 Å². The predicted molar refractivity (Wildman–Crippen MR) is 82.4 cm³/mol. The Morgan fingerprint density at radius 1 is 1.26 bits per heavy atom. The van der Waals surface area contributed by atoms with Gasteiger partial charge in [0.1, 0.15) is 0 Å². The molecule has 0 fully saturated rings. The van der Waals surface area contributed by atoms with Crippen molar-refractivity contribution in [2.24, 2.45) is 0 Å². The topological polar surface area (TPSA) is 25.2 Å². The molecule has 0 spiro atoms. The third kappa shape index (κ3) is 3.48. The zero-order valence-corrected chi connectivity index (χ0v) is 13.0. The minimum Gasteiger partial charge on any atom is -0.457 e. The largest absolute Gasteiger partial charge is 0.457 e. The maximum atomic E-state index is 5.38. The average Bonchev–Trinajstić information content (AvgIpc) is 2.86. The van der Waals surface area contributed by atoms with Crippen molar-refractivity contribution in [3.63, 3.8) is 0 Å². The Morgan fingerprint density at radius 3 is 2.74 bits per heavy atom. The third-order valence-electron chi connectivity index (χ3n) is 3.25. The Hall–Kier alpha value is -1.06. The van der Waals surface area contributed by atoms with Gasteiger partial charge in [0.2, 0.25) is 0 Å². The smallest absolute Gasteiger partial charge is 0.174 e. The lowest BCUT2D eigenvalue weighted by molar-refractivity contribution is 0.523. The highest BCUT2D eigenvalue weighted by Gasteiger charge is 2.18. The number of benzene rings is 1. The summed E-state index contributed by atoms with van der Waals surface area (Å²) < 4.78 is 6.19. The molecule has 2 rings (SSSR count). The van der Waals surface area contributed by atoms with Gasteiger partial charge in [-0.3, -0.25) is 0 Å². The molecule has 1 aromatic carbocycles. The molecule has 0 amide bonds. The van der Waals surface area contributed by atoms with E-state index in [9.17, 15) is 0 Å². The number of hydrogen-bond donors (Lipinski definition) is 1. The highest BCUT2D eigenvalue weighted by atomic mass is 79.9. The number of halogens is 1. The fourth-order valence-electron chi connectivity index (χ4n) is 2.20. The summed E-state index contributed by atoms with van der Waals surface area (Å²) in [6.07, 6.45) is 3.89. The number of hydrogen-bond acceptors (Lipinski definition) is 2. The maximum absolute atomic E-state index is 5.38. The summed E-state index contributed by atoms with van der Waals surface area (Å²) in [5, 5.41) is 3.59. The van der Waals surface area contributed by atoms with Gasteiger partial charge < -0.3 is 9.73 Å². The zero-order chi connectivity index (χ0) is 13.7. The molecule has 1 aromatic heterocycles. The summed E-state index contributed by atoms with van der Waals surface area (Å²) in [5.74, 6) is 0. The molecule has 2 aromatic rings. The van der Waals surface area contributed by atoms with Crippen LogP contribution >= 0.6 is 15.9 Å². The van der Waals surface area contributed by atoms with Gasteiger partial charge in [0, 0.05) is 5.56 Å². The van der Waals surface area contributed by atoms with E-state index in [4.69, 9.17) is 4.42 Å². The van der Waals surface area contributed by atoms with Gasteiger partial charge in [-0.1, -0.05) is 38.1 Å². The van der Waals surface area contributed by atoms with Crippen LogP contribution in [0.2, 0.25) is 0 Å². The third-order valence-corrected chi connectivity index (χ3v) is 3.89. The molecule has 0 saturated carbocycles. The van der Waals surface area contributed by atoms with Gasteiger partial charge in [-0.25, -0.2) is 0 Å². The average molecular weight is 322 g/mol. The molecule has 3 heteroatoms. The van der Waals surface area contributed by atoms with Crippen LogP contribution in [0, 0.1) is 0 Å². The van der Waals surface area contributed by atoms with E-state index in [0.29, 0.717) is 0 Å². The van der Waals surface area contributed by atoms with Gasteiger partial charge in [0.05, 0.1) is 12.3 Å². The quantitative estimate of drug-likeness (QED) is 0.834. The highest BCUT2D eigenvalue weighted by molar-refractivity contribution is 9.10. The lowest BCUT2D eigenvalue weighted by Crippen LogP contribution is -2.23. The standard InChI is InChI=1S/C16H20BrNO/c1-3-9-18-15(14-8-10-19-16(14)17)13-7-5-6-12(4-2)11-13/h5-8,10-11,15,18H,3-4,9H2,1-2H3. The van der Waals surface area contributed by atoms with E-state index < -0.39 is 0 Å². The van der Waals surface area contributed by atoms with Gasteiger partial charge >= 0.3 is 0 Å². The molecule has 1 heterocycles. The molecule has 0 saturated heterocycles. The zero-order valence-electron chi connectivity index (χ0n) is 11.4. The van der Waals surface area contributed by atoms with Crippen molar-refractivity contribution < 1.29 is 4.42 Å². The van der Waals surface area contributed by atoms with Crippen LogP contribution in [0.4, 0.5) is 0 Å². The van der Waals surface area contributed by atoms with Crippen LogP contribution in [-0.4, -0.2) is 6.54 Å². The van der Waals surface area contributed by atoms with E-state index in [1.165, 1.54) is 11.1 Å². The van der Waals surface area contributed by atoms with Crippen molar-refractivity contribution in [1.29, 1.82) is 0 Å². The van der Waals surface area contributed by atoms with Crippen molar-refractivity contribution >= 4 is 15.9 Å². The van der Waals surface area contributed by atoms with E-state index in [1.807, 2.05) is 6.07 Å². The van der Waals surface area contributed by atoms with Crippen molar-refractivity contribution in [3.8, 4) is 0 Å². The fraction of sp³-hybridized carbons (Fsp3) is 0.375. The van der Waals surface area contributed by atoms with Gasteiger partial charge in [0.25, 0.3) is 0 Å². The monoisotopic (exact) mass is 321 g/mol. The van der Waals surface area contributed by atoms with Crippen molar-refractivity contribution in [2.75, 3.05) is 6.54 Å². The Labute approximate surface area is 123 Å². The normalized spacial score (nSPS) is 12.6. The summed E-state index contributed by atoms with van der Waals surface area (Å²) in [5.41, 5.74) is 3.80. The maximum Gasteiger partial charge on any atom is 0.174 e. The Balaban J connectivity index is 2.34. The Morgan fingerprint density at radius 2 is 2.11 bits per heavy atom. The van der Waals surface area contributed by atoms with E-state index in [-0.39, 0.29) is 6.04 Å². The van der Waals surface area contributed by atoms with E-state index in [2.05, 4.69) is 59.4 Å².